The van der Waals surface area contributed by atoms with Crippen LogP contribution in [0.4, 0.5) is 16.2 Å². The van der Waals surface area contributed by atoms with Gasteiger partial charge in [-0.15, -0.1) is 0 Å². The number of amides is 1. The minimum absolute atomic E-state index is 0.00203. The van der Waals surface area contributed by atoms with Crippen molar-refractivity contribution in [2.75, 3.05) is 18.1 Å². The lowest BCUT2D eigenvalue weighted by Gasteiger charge is -2.35. The Kier molecular flexibility index (Phi) is 5.17. The summed E-state index contributed by atoms with van der Waals surface area (Å²) in [7, 11) is -0.434. The van der Waals surface area contributed by atoms with Crippen LogP contribution in [0.25, 0.3) is 0 Å². The van der Waals surface area contributed by atoms with E-state index >= 15 is 0 Å². The maximum Gasteiger partial charge on any atom is 0.493 e. The zero-order valence-corrected chi connectivity index (χ0v) is 18.3. The van der Waals surface area contributed by atoms with Crippen LogP contribution in [0, 0.1) is 5.41 Å². The number of carbonyl (C=O) groups is 1. The van der Waals surface area contributed by atoms with E-state index in [4.69, 9.17) is 14.0 Å². The topological polar surface area (TPSA) is 48.0 Å². The molecular weight excluding hydrogens is 385 g/mol. The number of fused-ring (bicyclic) bond motifs is 2. The van der Waals surface area contributed by atoms with Gasteiger partial charge in [-0.25, -0.2) is 9.69 Å². The van der Waals surface area contributed by atoms with E-state index in [1.165, 1.54) is 0 Å². The van der Waals surface area contributed by atoms with Gasteiger partial charge in [-0.1, -0.05) is 43.8 Å². The Balaban J connectivity index is 1.72. The number of hydrogen-bond acceptors (Lipinski definition) is 5. The molecule has 2 aromatic carbocycles. The van der Waals surface area contributed by atoms with Crippen LogP contribution >= 0.6 is 11.8 Å². The standard InChI is InChI=1S/C22H26BNO4S/c1-21(2,3)28-20(25)24-16-8-6-7-9-18(16)29-19-11-10-15(12-17(19)24)23-26-13-22(4,5)14-27-23/h6-12H,13-14H2,1-5H3. The summed E-state index contributed by atoms with van der Waals surface area (Å²) in [6.07, 6.45) is -0.393. The minimum atomic E-state index is -0.588. The first-order chi connectivity index (χ1) is 13.6. The van der Waals surface area contributed by atoms with Crippen molar-refractivity contribution in [2.45, 2.75) is 50.0 Å². The van der Waals surface area contributed by atoms with Crippen LogP contribution in [-0.2, 0) is 14.0 Å². The van der Waals surface area contributed by atoms with Gasteiger partial charge in [0.15, 0.2) is 0 Å². The fraction of sp³-hybridized carbons (Fsp3) is 0.409. The molecule has 1 fully saturated rings. The van der Waals surface area contributed by atoms with E-state index in [0.29, 0.717) is 13.2 Å². The lowest BCUT2D eigenvalue weighted by molar-refractivity contribution is 0.0343. The van der Waals surface area contributed by atoms with Gasteiger partial charge in [0.2, 0.25) is 0 Å². The molecule has 2 aliphatic heterocycles. The molecule has 0 bridgehead atoms. The van der Waals surface area contributed by atoms with E-state index in [1.807, 2.05) is 63.2 Å². The molecule has 0 spiro atoms. The Bertz CT molecular complexity index is 931. The predicted molar refractivity (Wildman–Crippen MR) is 116 cm³/mol. The highest BCUT2D eigenvalue weighted by molar-refractivity contribution is 7.99. The van der Waals surface area contributed by atoms with Gasteiger partial charge in [0.25, 0.3) is 0 Å². The van der Waals surface area contributed by atoms with Gasteiger partial charge in [0.05, 0.1) is 11.4 Å². The number of anilines is 2. The van der Waals surface area contributed by atoms with Gasteiger partial charge >= 0.3 is 13.2 Å². The Hall–Kier alpha value is -1.96. The van der Waals surface area contributed by atoms with E-state index in [1.54, 1.807) is 16.7 Å². The lowest BCUT2D eigenvalue weighted by atomic mass is 9.75. The van der Waals surface area contributed by atoms with Crippen LogP contribution in [-0.4, -0.2) is 32.0 Å². The predicted octanol–water partition coefficient (Wildman–Crippen LogP) is 4.99. The normalized spacial score (nSPS) is 18.1. The van der Waals surface area contributed by atoms with Gasteiger partial charge in [-0.3, -0.25) is 0 Å². The van der Waals surface area contributed by atoms with Gasteiger partial charge in [0, 0.05) is 28.4 Å². The molecular formula is C22H26BNO4S. The average Bonchev–Trinajstić information content (AvgIpc) is 2.64. The summed E-state index contributed by atoms with van der Waals surface area (Å²) in [6.45, 7) is 11.1. The average molecular weight is 411 g/mol. The Morgan fingerprint density at radius 3 is 2.41 bits per heavy atom. The quantitative estimate of drug-likeness (QED) is 0.619. The molecule has 4 rings (SSSR count). The number of para-hydroxylation sites is 1. The number of nitrogens with zero attached hydrogens (tertiary/aromatic N) is 1. The summed E-state index contributed by atoms with van der Waals surface area (Å²) in [6, 6.07) is 13.9. The number of hydrogen-bond donors (Lipinski definition) is 0. The van der Waals surface area contributed by atoms with Crippen molar-refractivity contribution in [3.63, 3.8) is 0 Å². The first kappa shape index (κ1) is 20.3. The fourth-order valence-electron chi connectivity index (χ4n) is 3.31. The van der Waals surface area contributed by atoms with Crippen molar-refractivity contribution in [2.24, 2.45) is 5.41 Å². The molecule has 0 atom stereocenters. The lowest BCUT2D eigenvalue weighted by Crippen LogP contribution is -2.47. The molecule has 29 heavy (non-hydrogen) atoms. The highest BCUT2D eigenvalue weighted by atomic mass is 32.2. The van der Waals surface area contributed by atoms with Crippen molar-refractivity contribution >= 4 is 41.8 Å². The second-order valence-corrected chi connectivity index (χ2v) is 10.3. The number of carbonyl (C=O) groups excluding carboxylic acids is 1. The minimum Gasteiger partial charge on any atom is -0.443 e. The number of ether oxygens (including phenoxy) is 1. The van der Waals surface area contributed by atoms with Crippen LogP contribution in [0.2, 0.25) is 0 Å². The summed E-state index contributed by atoms with van der Waals surface area (Å²) >= 11 is 1.65. The molecule has 2 heterocycles. The van der Waals surface area contributed by atoms with E-state index in [2.05, 4.69) is 13.8 Å². The van der Waals surface area contributed by atoms with Crippen LogP contribution < -0.4 is 10.4 Å². The second-order valence-electron chi connectivity index (χ2n) is 9.23. The van der Waals surface area contributed by atoms with E-state index in [9.17, 15) is 4.79 Å². The van der Waals surface area contributed by atoms with Gasteiger partial charge in [0.1, 0.15) is 5.60 Å². The largest absolute Gasteiger partial charge is 0.493 e. The zero-order valence-electron chi connectivity index (χ0n) is 17.5. The molecule has 5 nitrogen and oxygen atoms in total. The van der Waals surface area contributed by atoms with Gasteiger partial charge in [-0.2, -0.15) is 0 Å². The van der Waals surface area contributed by atoms with Crippen LogP contribution in [0.3, 0.4) is 0 Å². The SMILES string of the molecule is CC1(C)COB(c2ccc3c(c2)N(C(=O)OC(C)(C)C)c2ccccc2S3)OC1. The van der Waals surface area contributed by atoms with E-state index in [0.717, 1.165) is 26.6 Å². The molecule has 1 amide bonds. The third-order valence-corrected chi connectivity index (χ3v) is 5.78. The molecule has 0 aliphatic carbocycles. The first-order valence-corrected chi connectivity index (χ1v) is 10.6. The van der Waals surface area contributed by atoms with Crippen molar-refractivity contribution < 1.29 is 18.8 Å². The maximum absolute atomic E-state index is 13.1. The van der Waals surface area contributed by atoms with Crippen LogP contribution in [0.1, 0.15) is 34.6 Å². The van der Waals surface area contributed by atoms with Gasteiger partial charge < -0.3 is 14.0 Å². The molecule has 0 N–H and O–H groups in total. The summed E-state index contributed by atoms with van der Waals surface area (Å²) in [5.41, 5.74) is 1.92. The molecule has 0 saturated carbocycles. The van der Waals surface area contributed by atoms with Crippen molar-refractivity contribution in [1.29, 1.82) is 0 Å². The third-order valence-electron chi connectivity index (χ3n) is 4.65. The summed E-state index contributed by atoms with van der Waals surface area (Å²) < 4.78 is 17.6. The highest BCUT2D eigenvalue weighted by Gasteiger charge is 2.36. The van der Waals surface area contributed by atoms with Crippen molar-refractivity contribution in [3.8, 4) is 0 Å². The highest BCUT2D eigenvalue weighted by Crippen LogP contribution is 2.48. The summed E-state index contributed by atoms with van der Waals surface area (Å²) in [5.74, 6) is 0. The smallest absolute Gasteiger partial charge is 0.443 e. The van der Waals surface area contributed by atoms with Gasteiger partial charge in [-0.05, 0) is 50.5 Å². The van der Waals surface area contributed by atoms with Crippen LogP contribution in [0.15, 0.2) is 52.3 Å². The zero-order chi connectivity index (χ0) is 20.8. The fourth-order valence-corrected chi connectivity index (χ4v) is 4.35. The molecule has 0 aromatic heterocycles. The molecule has 2 aromatic rings. The molecule has 1 saturated heterocycles. The maximum atomic E-state index is 13.1. The third kappa shape index (κ3) is 4.32. The molecule has 2 aliphatic rings. The number of benzene rings is 2. The molecule has 0 radical (unpaired) electrons. The van der Waals surface area contributed by atoms with Crippen LogP contribution in [0.5, 0.6) is 0 Å². The first-order valence-electron chi connectivity index (χ1n) is 9.80. The molecule has 0 unspecified atom stereocenters. The molecule has 7 heteroatoms. The monoisotopic (exact) mass is 411 g/mol. The summed E-state index contributed by atoms with van der Waals surface area (Å²) in [4.78, 5) is 16.8. The van der Waals surface area contributed by atoms with E-state index < -0.39 is 18.8 Å². The molecule has 152 valence electrons. The summed E-state index contributed by atoms with van der Waals surface area (Å²) in [5, 5.41) is 0. The Morgan fingerprint density at radius 1 is 1.07 bits per heavy atom. The second kappa shape index (κ2) is 7.38. The Labute approximate surface area is 176 Å². The Morgan fingerprint density at radius 2 is 1.72 bits per heavy atom. The van der Waals surface area contributed by atoms with Crippen molar-refractivity contribution in [3.05, 3.63) is 42.5 Å². The van der Waals surface area contributed by atoms with Crippen molar-refractivity contribution in [1.82, 2.24) is 0 Å². The number of rotatable bonds is 1. The van der Waals surface area contributed by atoms with E-state index in [-0.39, 0.29) is 5.41 Å².